The third-order valence-electron chi connectivity index (χ3n) is 4.94. The van der Waals surface area contributed by atoms with Crippen LogP contribution in [0.25, 0.3) is 0 Å². The Morgan fingerprint density at radius 2 is 1.68 bits per heavy atom. The molecule has 1 aromatic rings. The molecule has 38 heavy (non-hydrogen) atoms. The number of carbonyl (C=O) groups excluding carboxylic acids is 2. The molecule has 0 unspecified atom stereocenters. The summed E-state index contributed by atoms with van der Waals surface area (Å²) in [4.78, 5) is 23.8. The third kappa shape index (κ3) is 18.6. The monoisotopic (exact) mass is 534 g/mol. The Hall–Kier alpha value is -2.64. The lowest BCUT2D eigenvalue weighted by Crippen LogP contribution is -2.27. The second-order valence-electron chi connectivity index (χ2n) is 8.98. The van der Waals surface area contributed by atoms with Crippen LogP contribution in [0.15, 0.2) is 24.3 Å². The second kappa shape index (κ2) is 22.4. The van der Waals surface area contributed by atoms with Crippen LogP contribution >= 0.6 is 0 Å². The Kier molecular flexibility index (Phi) is 19.6. The van der Waals surface area contributed by atoms with Crippen molar-refractivity contribution in [2.45, 2.75) is 53.1 Å². The average Bonchev–Trinajstić information content (AvgIpc) is 2.91. The quantitative estimate of drug-likeness (QED) is 0.184. The van der Waals surface area contributed by atoms with Gasteiger partial charge in [0.15, 0.2) is 0 Å². The first-order valence-electron chi connectivity index (χ1n) is 13.5. The number of benzene rings is 1. The molecule has 0 spiro atoms. The first-order valence-corrected chi connectivity index (χ1v) is 13.5. The van der Waals surface area contributed by atoms with Gasteiger partial charge in [0.25, 0.3) is 5.91 Å². The lowest BCUT2D eigenvalue weighted by Gasteiger charge is -2.15. The van der Waals surface area contributed by atoms with Gasteiger partial charge in [-0.1, -0.05) is 38.7 Å². The number of amides is 2. The van der Waals surface area contributed by atoms with Crippen LogP contribution < -0.4 is 15.4 Å². The van der Waals surface area contributed by atoms with Gasteiger partial charge in [-0.3, -0.25) is 9.59 Å². The molecular formula is C29H46N2O7. The normalized spacial score (nSPS) is 11.5. The first kappa shape index (κ1) is 33.4. The molecule has 0 heterocycles. The number of hydrogen-bond donors (Lipinski definition) is 2. The van der Waals surface area contributed by atoms with Crippen LogP contribution in [0.3, 0.4) is 0 Å². The summed E-state index contributed by atoms with van der Waals surface area (Å²) < 4.78 is 27.8. The van der Waals surface area contributed by atoms with Crippen LogP contribution in [0, 0.1) is 17.8 Å². The van der Waals surface area contributed by atoms with Gasteiger partial charge in [0.05, 0.1) is 39.1 Å². The Labute approximate surface area is 228 Å². The summed E-state index contributed by atoms with van der Waals surface area (Å²) in [6.45, 7) is 12.7. The highest BCUT2D eigenvalue weighted by Gasteiger charge is 2.08. The molecule has 1 aromatic carbocycles. The van der Waals surface area contributed by atoms with Gasteiger partial charge in [0.2, 0.25) is 5.91 Å². The summed E-state index contributed by atoms with van der Waals surface area (Å²) in [7, 11) is 0. The number of carbonyl (C=O) groups is 2. The van der Waals surface area contributed by atoms with Gasteiger partial charge >= 0.3 is 0 Å². The van der Waals surface area contributed by atoms with Crippen LogP contribution in [0.5, 0.6) is 5.75 Å². The minimum Gasteiger partial charge on any atom is -0.491 e. The third-order valence-corrected chi connectivity index (χ3v) is 4.94. The van der Waals surface area contributed by atoms with Gasteiger partial charge in [-0.05, 0) is 38.0 Å². The minimum atomic E-state index is -0.122. The molecule has 0 bridgehead atoms. The van der Waals surface area contributed by atoms with E-state index in [9.17, 15) is 9.59 Å². The molecular weight excluding hydrogens is 488 g/mol. The van der Waals surface area contributed by atoms with Crippen molar-refractivity contribution in [2.75, 3.05) is 65.9 Å². The Bertz CT molecular complexity index is 836. The Morgan fingerprint density at radius 3 is 2.45 bits per heavy atom. The van der Waals surface area contributed by atoms with Crippen LogP contribution in [-0.4, -0.2) is 83.9 Å². The lowest BCUT2D eigenvalue weighted by molar-refractivity contribution is -0.121. The minimum absolute atomic E-state index is 0.0119. The van der Waals surface area contributed by atoms with Crippen LogP contribution in [0.4, 0.5) is 0 Å². The molecule has 0 aliphatic carbocycles. The molecule has 0 fully saturated rings. The zero-order valence-corrected chi connectivity index (χ0v) is 23.5. The number of ether oxygens (including phenoxy) is 5. The molecule has 9 heteroatoms. The van der Waals surface area contributed by atoms with Crippen molar-refractivity contribution < 1.29 is 33.3 Å². The topological polar surface area (TPSA) is 104 Å². The first-order chi connectivity index (χ1) is 18.4. The van der Waals surface area contributed by atoms with E-state index in [2.05, 4.69) is 22.5 Å². The van der Waals surface area contributed by atoms with Gasteiger partial charge < -0.3 is 34.3 Å². The molecule has 214 valence electrons. The summed E-state index contributed by atoms with van der Waals surface area (Å²) >= 11 is 0. The number of rotatable bonds is 21. The highest BCUT2D eigenvalue weighted by molar-refractivity contribution is 5.94. The molecule has 0 radical (unpaired) electrons. The van der Waals surface area contributed by atoms with E-state index >= 15 is 0 Å². The van der Waals surface area contributed by atoms with E-state index in [0.717, 1.165) is 6.42 Å². The summed E-state index contributed by atoms with van der Waals surface area (Å²) in [5.74, 6) is 6.81. The predicted molar refractivity (Wildman–Crippen MR) is 147 cm³/mol. The number of nitrogens with one attached hydrogen (secondary N) is 2. The maximum Gasteiger partial charge on any atom is 0.251 e. The van der Waals surface area contributed by atoms with Crippen LogP contribution in [-0.2, 0) is 23.7 Å². The summed E-state index contributed by atoms with van der Waals surface area (Å²) in [5.41, 5.74) is 0.577. The Balaban J connectivity index is 1.95. The van der Waals surface area contributed by atoms with E-state index in [-0.39, 0.29) is 17.9 Å². The van der Waals surface area contributed by atoms with E-state index < -0.39 is 0 Å². The zero-order valence-electron chi connectivity index (χ0n) is 23.5. The van der Waals surface area contributed by atoms with Crippen molar-refractivity contribution >= 4 is 11.8 Å². The van der Waals surface area contributed by atoms with Crippen molar-refractivity contribution in [2.24, 2.45) is 5.92 Å². The maximum absolute atomic E-state index is 12.1. The molecule has 2 N–H and O–H groups in total. The molecule has 9 nitrogen and oxygen atoms in total. The second-order valence-corrected chi connectivity index (χ2v) is 8.98. The van der Waals surface area contributed by atoms with Crippen molar-refractivity contribution in [1.82, 2.24) is 10.6 Å². The molecule has 1 rings (SSSR count). The molecule has 0 saturated heterocycles. The molecule has 1 atom stereocenters. The molecule has 0 saturated carbocycles. The SMILES string of the molecule is CCCNC(=O)c1cccc(OC[C@@H](C)OCCOCCOCCCC(=O)NCCOCC#CC(C)C)c1. The van der Waals surface area contributed by atoms with Crippen molar-refractivity contribution in [1.29, 1.82) is 0 Å². The van der Waals surface area contributed by atoms with E-state index in [0.29, 0.717) is 96.0 Å². The highest BCUT2D eigenvalue weighted by Crippen LogP contribution is 2.14. The fourth-order valence-electron chi connectivity index (χ4n) is 3.01. The van der Waals surface area contributed by atoms with E-state index in [1.165, 1.54) is 0 Å². The van der Waals surface area contributed by atoms with E-state index in [4.69, 9.17) is 23.7 Å². The standard InChI is InChI=1S/C29H46N2O7/c1-5-13-31-29(33)26-10-6-11-27(22-26)38-23-25(4)37-21-20-36-19-18-35-16-8-12-28(32)30-14-17-34-15-7-9-24(2)3/h6,10-11,22,24-25H,5,8,12-21,23H2,1-4H3,(H,30,32)(H,31,33)/t25-/m1/s1. The highest BCUT2D eigenvalue weighted by atomic mass is 16.6. The number of hydrogen-bond acceptors (Lipinski definition) is 7. The fourth-order valence-corrected chi connectivity index (χ4v) is 3.01. The molecule has 2 amide bonds. The maximum atomic E-state index is 12.1. The molecule has 0 aromatic heterocycles. The zero-order chi connectivity index (χ0) is 27.8. The van der Waals surface area contributed by atoms with Crippen molar-refractivity contribution in [3.05, 3.63) is 29.8 Å². The smallest absolute Gasteiger partial charge is 0.251 e. The van der Waals surface area contributed by atoms with Crippen LogP contribution in [0.2, 0.25) is 0 Å². The fraction of sp³-hybridized carbons (Fsp3) is 0.655. The lowest BCUT2D eigenvalue weighted by atomic mass is 10.2. The van der Waals surface area contributed by atoms with E-state index in [1.807, 2.05) is 33.8 Å². The van der Waals surface area contributed by atoms with Gasteiger partial charge in [0.1, 0.15) is 19.0 Å². The summed E-state index contributed by atoms with van der Waals surface area (Å²) in [5, 5.41) is 5.67. The average molecular weight is 535 g/mol. The van der Waals surface area contributed by atoms with Gasteiger partial charge in [0, 0.05) is 37.6 Å². The van der Waals surface area contributed by atoms with Crippen molar-refractivity contribution in [3.63, 3.8) is 0 Å². The van der Waals surface area contributed by atoms with Gasteiger partial charge in [-0.15, -0.1) is 0 Å². The summed E-state index contributed by atoms with van der Waals surface area (Å²) in [6, 6.07) is 7.12. The van der Waals surface area contributed by atoms with E-state index in [1.54, 1.807) is 18.2 Å². The summed E-state index contributed by atoms with van der Waals surface area (Å²) in [6.07, 6.45) is 1.84. The Morgan fingerprint density at radius 1 is 0.921 bits per heavy atom. The van der Waals surface area contributed by atoms with Crippen LogP contribution in [0.1, 0.15) is 57.3 Å². The molecule has 0 aliphatic rings. The van der Waals surface area contributed by atoms with Gasteiger partial charge in [-0.2, -0.15) is 0 Å². The van der Waals surface area contributed by atoms with Crippen molar-refractivity contribution in [3.8, 4) is 17.6 Å². The van der Waals surface area contributed by atoms with Gasteiger partial charge in [-0.25, -0.2) is 0 Å². The molecule has 0 aliphatic heterocycles. The predicted octanol–water partition coefficient (Wildman–Crippen LogP) is 3.22. The largest absolute Gasteiger partial charge is 0.491 e.